The number of benzene rings is 2. The number of hydrogen-bond acceptors (Lipinski definition) is 11. The van der Waals surface area contributed by atoms with E-state index in [1.165, 1.54) is 63.1 Å². The maximum atomic E-state index is 13.6. The van der Waals surface area contributed by atoms with Crippen molar-refractivity contribution in [2.75, 3.05) is 14.2 Å². The molecule has 13 heteroatoms. The third-order valence-electron chi connectivity index (χ3n) is 5.26. The molecule has 2 N–H and O–H groups in total. The Balaban J connectivity index is 1.67. The number of carbonyl (C=O) groups excluding carboxylic acids is 1. The lowest BCUT2D eigenvalue weighted by atomic mass is 10.1. The predicted octanol–water partition coefficient (Wildman–Crippen LogP) is 2.72. The molecule has 37 heavy (non-hydrogen) atoms. The number of sulfonamides is 1. The van der Waals surface area contributed by atoms with Crippen LogP contribution in [0.1, 0.15) is 15.9 Å². The average molecular weight is 526 g/mol. The molecule has 0 unspecified atom stereocenters. The fraction of sp³-hybridized carbons (Fsp3) is 0.125. The van der Waals surface area contributed by atoms with E-state index < -0.39 is 16.0 Å². The van der Waals surface area contributed by atoms with Gasteiger partial charge in [-0.25, -0.2) is 13.2 Å². The van der Waals surface area contributed by atoms with Crippen molar-refractivity contribution in [3.63, 3.8) is 0 Å². The normalized spacial score (nSPS) is 11.6. The predicted molar refractivity (Wildman–Crippen MR) is 130 cm³/mol. The molecule has 4 aromatic rings. The Morgan fingerprint density at radius 1 is 1.03 bits per heavy atom. The lowest BCUT2D eigenvalue weighted by Gasteiger charge is -2.30. The standard InChI is InChI=1S/C24H23N5O7S/c1-34-20-8-10-21(11-9-20)37(32,33)28(16-17-5-4-12-25-14-17)29(27-31)36-24(30)19-13-18-6-3-7-22(35-2)23(18)26-15-19/h3-15,27,31H,16H2,1-2H3. The number of aromatic nitrogens is 2. The van der Waals surface area contributed by atoms with Crippen molar-refractivity contribution in [2.45, 2.75) is 11.4 Å². The summed E-state index contributed by atoms with van der Waals surface area (Å²) in [4.78, 5) is 26.3. The Morgan fingerprint density at radius 2 is 1.81 bits per heavy atom. The number of nitrogens with zero attached hydrogens (tertiary/aromatic N) is 4. The van der Waals surface area contributed by atoms with E-state index >= 15 is 0 Å². The minimum atomic E-state index is -4.36. The quantitative estimate of drug-likeness (QED) is 0.295. The first-order valence-electron chi connectivity index (χ1n) is 10.8. The van der Waals surface area contributed by atoms with E-state index in [1.807, 2.05) is 0 Å². The first-order valence-corrected chi connectivity index (χ1v) is 12.2. The summed E-state index contributed by atoms with van der Waals surface area (Å²) in [5.74, 6) is -0.0223. The maximum absolute atomic E-state index is 13.6. The van der Waals surface area contributed by atoms with E-state index in [9.17, 15) is 18.4 Å². The molecule has 0 atom stereocenters. The number of methoxy groups -OCH3 is 2. The first-order chi connectivity index (χ1) is 17.9. The van der Waals surface area contributed by atoms with Crippen LogP contribution in [0.4, 0.5) is 0 Å². The summed E-state index contributed by atoms with van der Waals surface area (Å²) in [5, 5.41) is 10.7. The highest BCUT2D eigenvalue weighted by Crippen LogP contribution is 2.25. The molecule has 0 spiro atoms. The van der Waals surface area contributed by atoms with Crippen LogP contribution >= 0.6 is 0 Å². The fourth-order valence-corrected chi connectivity index (χ4v) is 4.73. The molecule has 0 saturated heterocycles. The van der Waals surface area contributed by atoms with Crippen LogP contribution in [0.3, 0.4) is 0 Å². The molecular weight excluding hydrogens is 502 g/mol. The van der Waals surface area contributed by atoms with Crippen LogP contribution < -0.4 is 15.1 Å². The van der Waals surface area contributed by atoms with Crippen LogP contribution in [0.2, 0.25) is 0 Å². The van der Waals surface area contributed by atoms with E-state index in [0.29, 0.717) is 37.7 Å². The number of hydrogen-bond donors (Lipinski definition) is 2. The minimum absolute atomic E-state index is 0.00387. The highest BCUT2D eigenvalue weighted by atomic mass is 32.2. The van der Waals surface area contributed by atoms with E-state index in [4.69, 9.17) is 14.3 Å². The van der Waals surface area contributed by atoms with Gasteiger partial charge >= 0.3 is 5.97 Å². The van der Waals surface area contributed by atoms with Gasteiger partial charge in [0.25, 0.3) is 10.0 Å². The Hall–Kier alpha value is -4.14. The van der Waals surface area contributed by atoms with Gasteiger partial charge in [0, 0.05) is 29.3 Å². The van der Waals surface area contributed by atoms with Gasteiger partial charge in [-0.05, 0) is 48.0 Å². The third kappa shape index (κ3) is 5.66. The lowest BCUT2D eigenvalue weighted by Crippen LogP contribution is -2.52. The van der Waals surface area contributed by atoms with Crippen molar-refractivity contribution in [1.29, 1.82) is 0 Å². The summed E-state index contributed by atoms with van der Waals surface area (Å²) in [7, 11) is -1.41. The smallest absolute Gasteiger partial charge is 0.361 e. The van der Waals surface area contributed by atoms with Crippen LogP contribution in [0.5, 0.6) is 11.5 Å². The number of rotatable bonds is 10. The molecule has 0 radical (unpaired) electrons. The third-order valence-corrected chi connectivity index (χ3v) is 6.96. The van der Waals surface area contributed by atoms with Crippen molar-refractivity contribution >= 4 is 26.9 Å². The second kappa shape index (κ2) is 11.3. The van der Waals surface area contributed by atoms with Crippen LogP contribution in [-0.4, -0.2) is 53.5 Å². The summed E-state index contributed by atoms with van der Waals surface area (Å²) in [6.07, 6.45) is 4.22. The lowest BCUT2D eigenvalue weighted by molar-refractivity contribution is -0.300. The summed E-state index contributed by atoms with van der Waals surface area (Å²) in [6.45, 7) is -0.337. The molecule has 0 bridgehead atoms. The molecule has 4 rings (SSSR count). The zero-order chi connectivity index (χ0) is 26.4. The molecule has 0 aliphatic carbocycles. The number of pyridine rings is 2. The van der Waals surface area contributed by atoms with Gasteiger partial charge in [0.05, 0.1) is 31.2 Å². The van der Waals surface area contributed by atoms with Crippen molar-refractivity contribution in [2.24, 2.45) is 0 Å². The monoisotopic (exact) mass is 525 g/mol. The second-order valence-corrected chi connectivity index (χ2v) is 9.37. The Kier molecular flexibility index (Phi) is 7.91. The Labute approximate surface area is 212 Å². The first kappa shape index (κ1) is 25.9. The fourth-order valence-electron chi connectivity index (χ4n) is 3.42. The number of fused-ring (bicyclic) bond motifs is 1. The summed E-state index contributed by atoms with van der Waals surface area (Å²) in [5.41, 5.74) is 2.61. The zero-order valence-corrected chi connectivity index (χ0v) is 20.6. The molecule has 2 aromatic carbocycles. The van der Waals surface area contributed by atoms with Crippen LogP contribution in [-0.2, 0) is 21.4 Å². The van der Waals surface area contributed by atoms with Crippen LogP contribution in [0, 0.1) is 0 Å². The van der Waals surface area contributed by atoms with Crippen LogP contribution in [0.15, 0.2) is 84.1 Å². The van der Waals surface area contributed by atoms with Crippen molar-refractivity contribution < 1.29 is 32.7 Å². The molecule has 2 heterocycles. The largest absolute Gasteiger partial charge is 0.497 e. The summed E-state index contributed by atoms with van der Waals surface area (Å²) >= 11 is 0. The number of hydrazine groups is 2. The highest BCUT2D eigenvalue weighted by molar-refractivity contribution is 7.89. The van der Waals surface area contributed by atoms with Gasteiger partial charge < -0.3 is 14.3 Å². The van der Waals surface area contributed by atoms with E-state index in [2.05, 4.69) is 9.97 Å². The van der Waals surface area contributed by atoms with Gasteiger partial charge in [0.2, 0.25) is 0 Å². The topological polar surface area (TPSA) is 143 Å². The minimum Gasteiger partial charge on any atom is -0.497 e. The van der Waals surface area contributed by atoms with Gasteiger partial charge in [-0.3, -0.25) is 15.2 Å². The van der Waals surface area contributed by atoms with E-state index in [0.717, 1.165) is 0 Å². The molecule has 0 amide bonds. The molecule has 192 valence electrons. The number of nitrogens with one attached hydrogen (secondary N) is 1. The van der Waals surface area contributed by atoms with Gasteiger partial charge in [-0.1, -0.05) is 28.2 Å². The SMILES string of the molecule is COc1ccc(S(=O)(=O)N(Cc2cccnc2)N(NO)OC(=O)c2cnc3c(OC)cccc3c2)cc1. The second-order valence-electron chi connectivity index (χ2n) is 7.53. The van der Waals surface area contributed by atoms with Gasteiger partial charge in [-0.15, -0.1) is 0 Å². The molecular formula is C24H23N5O7S. The number of para-hydroxylation sites is 1. The average Bonchev–Trinajstić information content (AvgIpc) is 2.94. The molecule has 2 aromatic heterocycles. The van der Waals surface area contributed by atoms with Crippen molar-refractivity contribution in [3.05, 3.63) is 90.4 Å². The van der Waals surface area contributed by atoms with Gasteiger partial charge in [0.15, 0.2) is 0 Å². The van der Waals surface area contributed by atoms with E-state index in [1.54, 1.807) is 35.9 Å². The summed E-state index contributed by atoms with van der Waals surface area (Å²) < 4.78 is 38.1. The maximum Gasteiger partial charge on any atom is 0.361 e. The van der Waals surface area contributed by atoms with Crippen molar-refractivity contribution in [1.82, 2.24) is 25.3 Å². The zero-order valence-electron chi connectivity index (χ0n) is 19.8. The Morgan fingerprint density at radius 3 is 2.46 bits per heavy atom. The Bertz CT molecular complexity index is 1480. The van der Waals surface area contributed by atoms with E-state index in [-0.39, 0.29) is 17.0 Å². The molecule has 0 saturated carbocycles. The highest BCUT2D eigenvalue weighted by Gasteiger charge is 2.34. The molecule has 0 aliphatic rings. The van der Waals surface area contributed by atoms with Gasteiger partial charge in [-0.2, -0.15) is 0 Å². The number of ether oxygens (including phenoxy) is 2. The van der Waals surface area contributed by atoms with Crippen molar-refractivity contribution in [3.8, 4) is 11.5 Å². The summed E-state index contributed by atoms with van der Waals surface area (Å²) in [6, 6.07) is 15.5. The molecule has 0 aliphatic heterocycles. The molecule has 12 nitrogen and oxygen atoms in total. The van der Waals surface area contributed by atoms with Gasteiger partial charge in [0.1, 0.15) is 17.0 Å². The number of carbonyl (C=O) groups is 1. The van der Waals surface area contributed by atoms with Crippen LogP contribution in [0.25, 0.3) is 10.9 Å². The molecule has 0 fully saturated rings.